The second-order valence-electron chi connectivity index (χ2n) is 7.45. The molecule has 4 aromatic rings. The summed E-state index contributed by atoms with van der Waals surface area (Å²) in [6.07, 6.45) is 5.32. The Bertz CT molecular complexity index is 1300. The maximum Gasteiger partial charge on any atom is 0.224 e. The van der Waals surface area contributed by atoms with E-state index in [1.165, 1.54) is 27.7 Å². The van der Waals surface area contributed by atoms with Gasteiger partial charge < -0.3 is 9.67 Å². The summed E-state index contributed by atoms with van der Waals surface area (Å²) in [5.41, 5.74) is 3.73. The lowest BCUT2D eigenvalue weighted by Gasteiger charge is -2.40. The number of benzene rings is 2. The smallest absolute Gasteiger partial charge is 0.224 e. The van der Waals surface area contributed by atoms with Gasteiger partial charge in [-0.1, -0.05) is 42.5 Å². The van der Waals surface area contributed by atoms with E-state index in [1.807, 2.05) is 27.2 Å². The van der Waals surface area contributed by atoms with Gasteiger partial charge in [-0.05, 0) is 22.8 Å². The molecule has 1 N–H and O–H groups in total. The van der Waals surface area contributed by atoms with Gasteiger partial charge in [0.1, 0.15) is 6.67 Å². The van der Waals surface area contributed by atoms with Crippen LogP contribution in [0.3, 0.4) is 0 Å². The van der Waals surface area contributed by atoms with Crippen molar-refractivity contribution in [3.05, 3.63) is 100 Å². The van der Waals surface area contributed by atoms with E-state index in [0.29, 0.717) is 18.2 Å². The van der Waals surface area contributed by atoms with Gasteiger partial charge in [-0.3, -0.25) is 14.5 Å². The lowest BCUT2D eigenvalue weighted by molar-refractivity contribution is 0.413. The molecule has 4 heterocycles. The summed E-state index contributed by atoms with van der Waals surface area (Å²) in [5, 5.41) is 12.8. The topological polar surface area (TPSA) is 63.3 Å². The van der Waals surface area contributed by atoms with Gasteiger partial charge in [-0.25, -0.2) is 4.98 Å². The molecular formula is C23H18N4O2S. The van der Waals surface area contributed by atoms with Crippen molar-refractivity contribution in [2.24, 2.45) is 0 Å². The summed E-state index contributed by atoms with van der Waals surface area (Å²) in [6.45, 7) is 0.544. The molecule has 2 aliphatic rings. The number of hydrogen-bond donors (Lipinski definition) is 1. The third-order valence-corrected chi connectivity index (χ3v) is 6.94. The number of aromatic nitrogens is 3. The first kappa shape index (κ1) is 17.4. The van der Waals surface area contributed by atoms with Crippen molar-refractivity contribution in [1.29, 1.82) is 0 Å². The quantitative estimate of drug-likeness (QED) is 0.514. The molecule has 6 rings (SSSR count). The number of imidazole rings is 1. The number of hydrogen-bond acceptors (Lipinski definition) is 5. The molecule has 7 heteroatoms. The fourth-order valence-corrected chi connectivity index (χ4v) is 5.52. The fourth-order valence-electron chi connectivity index (χ4n) is 4.42. The van der Waals surface area contributed by atoms with Crippen molar-refractivity contribution in [1.82, 2.24) is 14.2 Å². The molecule has 1 atom stereocenters. The number of aromatic hydroxyl groups is 1. The second-order valence-corrected chi connectivity index (χ2v) is 8.47. The van der Waals surface area contributed by atoms with Gasteiger partial charge in [0.15, 0.2) is 17.3 Å². The van der Waals surface area contributed by atoms with Crippen LogP contribution >= 0.6 is 11.8 Å². The highest BCUT2D eigenvalue weighted by atomic mass is 32.2. The molecule has 0 fully saturated rings. The predicted octanol–water partition coefficient (Wildman–Crippen LogP) is 3.72. The molecule has 2 aromatic heterocycles. The number of pyridine rings is 1. The minimum Gasteiger partial charge on any atom is -0.503 e. The van der Waals surface area contributed by atoms with Crippen molar-refractivity contribution in [3.8, 4) is 17.3 Å². The highest BCUT2D eigenvalue weighted by molar-refractivity contribution is 7.98. The van der Waals surface area contributed by atoms with E-state index in [1.54, 1.807) is 12.4 Å². The lowest BCUT2D eigenvalue weighted by atomic mass is 9.94. The van der Waals surface area contributed by atoms with Crippen molar-refractivity contribution in [2.75, 3.05) is 5.01 Å². The van der Waals surface area contributed by atoms with Crippen LogP contribution in [-0.4, -0.2) is 19.3 Å². The minimum absolute atomic E-state index is 0.0800. The zero-order chi connectivity index (χ0) is 20.2. The van der Waals surface area contributed by atoms with E-state index in [-0.39, 0.29) is 11.8 Å². The van der Waals surface area contributed by atoms with Gasteiger partial charge in [0.2, 0.25) is 5.43 Å². The van der Waals surface area contributed by atoms with Gasteiger partial charge >= 0.3 is 0 Å². The SMILES string of the molecule is O=c1ccn2c(c1O)-c1nccn1CN2C1c2ccccc2CSc2ccccc21. The largest absolute Gasteiger partial charge is 0.503 e. The molecule has 0 aliphatic carbocycles. The Morgan fingerprint density at radius 1 is 1.00 bits per heavy atom. The van der Waals surface area contributed by atoms with Crippen LogP contribution < -0.4 is 10.4 Å². The van der Waals surface area contributed by atoms with Crippen LogP contribution in [-0.2, 0) is 12.4 Å². The highest BCUT2D eigenvalue weighted by Gasteiger charge is 2.34. The molecule has 2 aromatic carbocycles. The van der Waals surface area contributed by atoms with Gasteiger partial charge in [0.25, 0.3) is 0 Å². The fraction of sp³-hybridized carbons (Fsp3) is 0.130. The van der Waals surface area contributed by atoms with Crippen LogP contribution in [0.5, 0.6) is 5.75 Å². The Morgan fingerprint density at radius 2 is 1.80 bits per heavy atom. The maximum atomic E-state index is 12.2. The molecule has 1 unspecified atom stereocenters. The Morgan fingerprint density at radius 3 is 2.70 bits per heavy atom. The lowest BCUT2D eigenvalue weighted by Crippen LogP contribution is -2.44. The number of thioether (sulfide) groups is 1. The van der Waals surface area contributed by atoms with Gasteiger partial charge in [-0.2, -0.15) is 0 Å². The second kappa shape index (κ2) is 6.53. The van der Waals surface area contributed by atoms with Crippen LogP contribution in [0.25, 0.3) is 11.5 Å². The zero-order valence-corrected chi connectivity index (χ0v) is 16.8. The minimum atomic E-state index is -0.408. The van der Waals surface area contributed by atoms with Gasteiger partial charge in [0.05, 0.1) is 6.04 Å². The molecule has 0 bridgehead atoms. The summed E-state index contributed by atoms with van der Waals surface area (Å²) in [5.74, 6) is 1.21. The summed E-state index contributed by atoms with van der Waals surface area (Å²) in [6, 6.07) is 18.3. The van der Waals surface area contributed by atoms with Crippen molar-refractivity contribution in [2.45, 2.75) is 23.4 Å². The molecule has 2 aliphatic heterocycles. The molecule has 0 amide bonds. The van der Waals surface area contributed by atoms with Gasteiger partial charge in [0, 0.05) is 35.3 Å². The first-order valence-corrected chi connectivity index (χ1v) is 10.7. The first-order valence-electron chi connectivity index (χ1n) is 9.75. The van der Waals surface area contributed by atoms with Crippen LogP contribution in [0.4, 0.5) is 0 Å². The molecular weight excluding hydrogens is 396 g/mol. The zero-order valence-electron chi connectivity index (χ0n) is 16.0. The summed E-state index contributed by atoms with van der Waals surface area (Å²) < 4.78 is 3.85. The number of rotatable bonds is 1. The Hall–Kier alpha value is -3.45. The summed E-state index contributed by atoms with van der Waals surface area (Å²) >= 11 is 1.84. The van der Waals surface area contributed by atoms with E-state index < -0.39 is 5.43 Å². The molecule has 0 radical (unpaired) electrons. The molecule has 6 nitrogen and oxygen atoms in total. The monoisotopic (exact) mass is 414 g/mol. The third kappa shape index (κ3) is 2.45. The van der Waals surface area contributed by atoms with Crippen molar-refractivity contribution in [3.63, 3.8) is 0 Å². The van der Waals surface area contributed by atoms with E-state index in [0.717, 1.165) is 5.75 Å². The van der Waals surface area contributed by atoms with E-state index >= 15 is 0 Å². The molecule has 148 valence electrons. The Kier molecular flexibility index (Phi) is 3.79. The first-order chi connectivity index (χ1) is 14.7. The van der Waals surface area contributed by atoms with E-state index in [2.05, 4.69) is 58.5 Å². The van der Waals surface area contributed by atoms with E-state index in [9.17, 15) is 9.90 Å². The Balaban J connectivity index is 1.64. The normalized spacial score (nSPS) is 16.8. The molecule has 0 spiro atoms. The average Bonchev–Trinajstić information content (AvgIpc) is 3.18. The molecule has 0 saturated carbocycles. The Labute approximate surface area is 177 Å². The van der Waals surface area contributed by atoms with Gasteiger partial charge in [-0.15, -0.1) is 11.8 Å². The van der Waals surface area contributed by atoms with Crippen molar-refractivity contribution < 1.29 is 5.11 Å². The van der Waals surface area contributed by atoms with Crippen molar-refractivity contribution >= 4 is 11.8 Å². The van der Waals surface area contributed by atoms with E-state index in [4.69, 9.17) is 0 Å². The van der Waals surface area contributed by atoms with Crippen LogP contribution in [0.2, 0.25) is 0 Å². The maximum absolute atomic E-state index is 12.2. The molecule has 30 heavy (non-hydrogen) atoms. The van der Waals surface area contributed by atoms with Crippen LogP contribution in [0, 0.1) is 0 Å². The highest BCUT2D eigenvalue weighted by Crippen LogP contribution is 2.43. The predicted molar refractivity (Wildman–Crippen MR) is 116 cm³/mol. The summed E-state index contributed by atoms with van der Waals surface area (Å²) in [7, 11) is 0. The standard InChI is InChI=1S/C23H18N4O2S/c28-18-9-11-26-21(22(18)29)23-24-10-12-25(23)14-27(26)20-16-6-2-1-5-15(16)13-30-19-8-4-3-7-17(19)20/h1-12,20,29H,13-14H2. The van der Waals surface area contributed by atoms with Crippen LogP contribution in [0.15, 0.2) is 82.9 Å². The number of nitrogens with zero attached hydrogens (tertiary/aromatic N) is 4. The third-order valence-electron chi connectivity index (χ3n) is 5.80. The summed E-state index contributed by atoms with van der Waals surface area (Å²) in [4.78, 5) is 17.9. The molecule has 0 saturated heterocycles. The number of fused-ring (bicyclic) bond motifs is 5. The van der Waals surface area contributed by atoms with Crippen LogP contribution in [0.1, 0.15) is 22.7 Å². The average molecular weight is 414 g/mol.